The minimum atomic E-state index is -0.994. The van der Waals surface area contributed by atoms with Gasteiger partial charge in [-0.15, -0.1) is 0 Å². The third-order valence-corrected chi connectivity index (χ3v) is 7.94. The maximum Gasteiger partial charge on any atom is 0.278 e. The summed E-state index contributed by atoms with van der Waals surface area (Å²) in [5, 5.41) is 3.78. The number of allylic oxidation sites excluding steroid dienone is 1. The van der Waals surface area contributed by atoms with Crippen molar-refractivity contribution < 1.29 is 18.4 Å². The third kappa shape index (κ3) is 6.91. The van der Waals surface area contributed by atoms with Gasteiger partial charge in [0.05, 0.1) is 22.6 Å². The molecular formula is C34H30ClF2N5O3. The van der Waals surface area contributed by atoms with Crippen LogP contribution in [0.25, 0.3) is 17.0 Å². The third-order valence-electron chi connectivity index (χ3n) is 7.62. The van der Waals surface area contributed by atoms with E-state index >= 15 is 0 Å². The van der Waals surface area contributed by atoms with Crippen LogP contribution in [0.15, 0.2) is 71.7 Å². The van der Waals surface area contributed by atoms with E-state index in [0.717, 1.165) is 34.2 Å². The Bertz CT molecular complexity index is 2030. The molecule has 0 aliphatic carbocycles. The number of nitrogens with zero attached hydrogens (tertiary/aromatic N) is 4. The second-order valence-electron chi connectivity index (χ2n) is 10.6. The molecular weight excluding hydrogens is 600 g/mol. The first-order valence-electron chi connectivity index (χ1n) is 14.2. The molecule has 0 bridgehead atoms. The van der Waals surface area contributed by atoms with E-state index in [4.69, 9.17) is 11.6 Å². The van der Waals surface area contributed by atoms with Gasteiger partial charge in [-0.2, -0.15) is 0 Å². The fourth-order valence-electron chi connectivity index (χ4n) is 5.08. The Morgan fingerprint density at radius 1 is 1.02 bits per heavy atom. The van der Waals surface area contributed by atoms with E-state index in [1.54, 1.807) is 44.0 Å². The summed E-state index contributed by atoms with van der Waals surface area (Å²) >= 11 is 6.28. The summed E-state index contributed by atoms with van der Waals surface area (Å²) in [5.74, 6) is -1.87. The van der Waals surface area contributed by atoms with Crippen molar-refractivity contribution in [2.75, 3.05) is 7.05 Å². The van der Waals surface area contributed by atoms with Gasteiger partial charge in [0, 0.05) is 44.2 Å². The van der Waals surface area contributed by atoms with Crippen LogP contribution in [0.3, 0.4) is 0 Å². The lowest BCUT2D eigenvalue weighted by molar-refractivity contribution is 0.0960. The smallest absolute Gasteiger partial charge is 0.278 e. The summed E-state index contributed by atoms with van der Waals surface area (Å²) in [7, 11) is 3.20. The zero-order valence-corrected chi connectivity index (χ0v) is 25.7. The van der Waals surface area contributed by atoms with Gasteiger partial charge in [-0.25, -0.2) is 23.4 Å². The zero-order valence-electron chi connectivity index (χ0n) is 24.9. The molecule has 5 aromatic rings. The summed E-state index contributed by atoms with van der Waals surface area (Å²) < 4.78 is 29.9. The predicted octanol–water partition coefficient (Wildman–Crippen LogP) is 6.05. The molecule has 0 saturated heterocycles. The highest BCUT2D eigenvalue weighted by Gasteiger charge is 2.21. The molecule has 1 N–H and O–H groups in total. The minimum Gasteiger partial charge on any atom is -0.355 e. The van der Waals surface area contributed by atoms with Crippen LogP contribution >= 0.6 is 11.6 Å². The normalized spacial score (nSPS) is 11.4. The molecule has 230 valence electrons. The van der Waals surface area contributed by atoms with Gasteiger partial charge in [0.2, 0.25) is 0 Å². The molecule has 0 unspecified atom stereocenters. The molecule has 0 saturated carbocycles. The van der Waals surface area contributed by atoms with E-state index in [9.17, 15) is 23.2 Å². The van der Waals surface area contributed by atoms with E-state index in [2.05, 4.69) is 15.3 Å². The van der Waals surface area contributed by atoms with Crippen molar-refractivity contribution in [1.82, 2.24) is 24.6 Å². The number of carbonyl (C=O) groups excluding carboxylic acids is 2. The lowest BCUT2D eigenvalue weighted by Crippen LogP contribution is -2.25. The predicted molar refractivity (Wildman–Crippen MR) is 170 cm³/mol. The van der Waals surface area contributed by atoms with Crippen molar-refractivity contribution in [3.63, 3.8) is 0 Å². The second-order valence-corrected chi connectivity index (χ2v) is 11.0. The maximum absolute atomic E-state index is 13.7. The highest BCUT2D eigenvalue weighted by molar-refractivity contribution is 6.33. The largest absolute Gasteiger partial charge is 0.355 e. The van der Waals surface area contributed by atoms with Gasteiger partial charge >= 0.3 is 0 Å². The number of benzene rings is 3. The van der Waals surface area contributed by atoms with Gasteiger partial charge in [-0.1, -0.05) is 42.0 Å². The Morgan fingerprint density at radius 2 is 1.80 bits per heavy atom. The van der Waals surface area contributed by atoms with Crippen LogP contribution in [0, 0.1) is 18.6 Å². The molecule has 5 rings (SSSR count). The lowest BCUT2D eigenvalue weighted by atomic mass is 10.1. The van der Waals surface area contributed by atoms with Gasteiger partial charge in [-0.05, 0) is 66.4 Å². The molecule has 8 nitrogen and oxygen atoms in total. The fraction of sp³-hybridized carbons (Fsp3) is 0.206. The summed E-state index contributed by atoms with van der Waals surface area (Å²) in [6, 6.07) is 14.5. The number of fused-ring (bicyclic) bond motifs is 1. The quantitative estimate of drug-likeness (QED) is 0.190. The molecule has 11 heteroatoms. The van der Waals surface area contributed by atoms with E-state index in [1.165, 1.54) is 10.7 Å². The van der Waals surface area contributed by atoms with Crippen LogP contribution in [-0.2, 0) is 20.0 Å². The molecule has 0 spiro atoms. The van der Waals surface area contributed by atoms with Crippen LogP contribution in [0.5, 0.6) is 0 Å². The van der Waals surface area contributed by atoms with Crippen molar-refractivity contribution in [2.24, 2.45) is 7.05 Å². The SMILES string of the molecule is CNC(=O)c1ccc(Cc2ncc3cc(/C=C/CCC(=O)c4c(C)n(C)n(Cc5ccc(F)c(F)c5)c4=O)ccc3n2)cc1Cl. The average Bonchev–Trinajstić information content (AvgIpc) is 3.23. The highest BCUT2D eigenvalue weighted by atomic mass is 35.5. The molecule has 2 heterocycles. The van der Waals surface area contributed by atoms with Crippen LogP contribution in [-0.4, -0.2) is 38.1 Å². The first kappa shape index (κ1) is 31.5. The molecule has 3 aromatic carbocycles. The molecule has 0 aliphatic heterocycles. The molecule has 2 aromatic heterocycles. The van der Waals surface area contributed by atoms with Gasteiger partial charge in [-0.3, -0.25) is 19.1 Å². The average molecular weight is 630 g/mol. The van der Waals surface area contributed by atoms with Crippen molar-refractivity contribution in [1.29, 1.82) is 0 Å². The number of nitrogens with one attached hydrogen (secondary N) is 1. The van der Waals surface area contributed by atoms with Gasteiger partial charge in [0.25, 0.3) is 11.5 Å². The molecule has 0 fully saturated rings. The highest BCUT2D eigenvalue weighted by Crippen LogP contribution is 2.21. The molecule has 0 aliphatic rings. The van der Waals surface area contributed by atoms with Gasteiger partial charge in [0.15, 0.2) is 17.4 Å². The van der Waals surface area contributed by atoms with Crippen LogP contribution < -0.4 is 10.9 Å². The molecule has 0 atom stereocenters. The van der Waals surface area contributed by atoms with Crippen LogP contribution in [0.1, 0.15) is 61.8 Å². The zero-order chi connectivity index (χ0) is 32.2. The number of carbonyl (C=O) groups is 2. The minimum absolute atomic E-state index is 0.00824. The monoisotopic (exact) mass is 629 g/mol. The summed E-state index contributed by atoms with van der Waals surface area (Å²) in [6.45, 7) is 1.70. The van der Waals surface area contributed by atoms with E-state index in [1.807, 2.05) is 36.4 Å². The topological polar surface area (TPSA) is 98.9 Å². The van der Waals surface area contributed by atoms with Crippen molar-refractivity contribution in [3.05, 3.63) is 133 Å². The Hall–Kier alpha value is -4.96. The first-order valence-corrected chi connectivity index (χ1v) is 14.6. The van der Waals surface area contributed by atoms with Gasteiger partial charge < -0.3 is 5.32 Å². The number of hydrogen-bond acceptors (Lipinski definition) is 5. The number of rotatable bonds is 10. The summed E-state index contributed by atoms with van der Waals surface area (Å²) in [5.41, 5.74) is 3.52. The summed E-state index contributed by atoms with van der Waals surface area (Å²) in [4.78, 5) is 47.1. The van der Waals surface area contributed by atoms with E-state index < -0.39 is 17.2 Å². The van der Waals surface area contributed by atoms with Crippen molar-refractivity contribution >= 4 is 40.3 Å². The Labute approximate surface area is 263 Å². The Kier molecular flexibility index (Phi) is 9.34. The second kappa shape index (κ2) is 13.4. The number of hydrogen-bond donors (Lipinski definition) is 1. The first-order chi connectivity index (χ1) is 21.5. The number of amides is 1. The number of ketones is 1. The van der Waals surface area contributed by atoms with E-state index in [0.29, 0.717) is 40.5 Å². The van der Waals surface area contributed by atoms with Crippen molar-refractivity contribution in [2.45, 2.75) is 32.7 Å². The fourth-order valence-corrected chi connectivity index (χ4v) is 5.37. The Morgan fingerprint density at radius 3 is 2.53 bits per heavy atom. The number of Topliss-reactive ketones (excluding diaryl/α,β-unsaturated/α-hetero) is 1. The molecule has 0 radical (unpaired) electrons. The van der Waals surface area contributed by atoms with E-state index in [-0.39, 0.29) is 30.2 Å². The Balaban J connectivity index is 1.22. The van der Waals surface area contributed by atoms with Gasteiger partial charge in [0.1, 0.15) is 11.4 Å². The van der Waals surface area contributed by atoms with Crippen LogP contribution in [0.2, 0.25) is 5.02 Å². The van der Waals surface area contributed by atoms with Crippen molar-refractivity contribution in [3.8, 4) is 0 Å². The lowest BCUT2D eigenvalue weighted by Gasteiger charge is -2.08. The maximum atomic E-state index is 13.7. The number of halogens is 3. The molecule has 1 amide bonds. The molecule has 45 heavy (non-hydrogen) atoms. The number of aromatic nitrogens is 4. The van der Waals surface area contributed by atoms with Crippen LogP contribution in [0.4, 0.5) is 8.78 Å². The standard InChI is InChI=1S/C34H30ClF2N5O3/c1-20-32(34(45)42(41(20)3)19-23-9-12-27(36)28(37)16-23)30(43)7-5-4-6-21-10-13-29-24(14-21)18-39-31(40-29)17-22-8-11-25(26(35)15-22)33(44)38-2/h4,6,8-16,18H,5,7,17,19H2,1-3H3,(H,38,44)/b6-4+. The summed E-state index contributed by atoms with van der Waals surface area (Å²) in [6.07, 6.45) is 6.54.